The first-order chi connectivity index (χ1) is 5.33. The van der Waals surface area contributed by atoms with Gasteiger partial charge in [0.15, 0.2) is 0 Å². The summed E-state index contributed by atoms with van der Waals surface area (Å²) in [4.78, 5) is 0. The molecule has 0 aliphatic carbocycles. The molecule has 0 unspecified atom stereocenters. The molecular formula is C9H12OS. The van der Waals surface area contributed by atoms with E-state index in [2.05, 4.69) is 12.6 Å². The van der Waals surface area contributed by atoms with Gasteiger partial charge in [-0.2, -0.15) is 12.6 Å². The summed E-state index contributed by atoms with van der Waals surface area (Å²) in [6, 6.07) is 9.93. The van der Waals surface area contributed by atoms with Crippen LogP contribution < -0.4 is 0 Å². The number of benzene rings is 1. The number of thiol groups is 1. The fourth-order valence-corrected chi connectivity index (χ4v) is 1.08. The number of rotatable bonds is 3. The molecule has 1 aromatic carbocycles. The molecule has 1 nitrogen and oxygen atoms in total. The maximum atomic E-state index is 9.23. The van der Waals surface area contributed by atoms with Gasteiger partial charge in [0, 0.05) is 5.75 Å². The van der Waals surface area contributed by atoms with Gasteiger partial charge in [0.05, 0.1) is 6.10 Å². The molecule has 0 amide bonds. The number of aliphatic hydroxyl groups excluding tert-OH is 1. The third-order valence-corrected chi connectivity index (χ3v) is 1.95. The lowest BCUT2D eigenvalue weighted by atomic mass is 10.1. The van der Waals surface area contributed by atoms with Gasteiger partial charge in [-0.3, -0.25) is 0 Å². The molecule has 1 aromatic rings. The van der Waals surface area contributed by atoms with Gasteiger partial charge in [0.2, 0.25) is 0 Å². The SMILES string of the molecule is O[C@@H](CS)Cc1ccccc1. The lowest BCUT2D eigenvalue weighted by Crippen LogP contribution is -2.11. The summed E-state index contributed by atoms with van der Waals surface area (Å²) in [5.41, 5.74) is 1.16. The van der Waals surface area contributed by atoms with Crippen LogP contribution in [-0.2, 0) is 6.42 Å². The summed E-state index contributed by atoms with van der Waals surface area (Å²) in [7, 11) is 0. The standard InChI is InChI=1S/C9H12OS/c10-9(7-11)6-8-4-2-1-3-5-8/h1-5,9-11H,6-7H2/t9-/m1/s1. The summed E-state index contributed by atoms with van der Waals surface area (Å²) in [6.07, 6.45) is 0.380. The van der Waals surface area contributed by atoms with Crippen molar-refractivity contribution >= 4 is 12.6 Å². The van der Waals surface area contributed by atoms with Crippen LogP contribution in [0.15, 0.2) is 30.3 Å². The van der Waals surface area contributed by atoms with Crippen molar-refractivity contribution in [1.82, 2.24) is 0 Å². The summed E-state index contributed by atoms with van der Waals surface area (Å²) in [5, 5.41) is 9.23. The van der Waals surface area contributed by atoms with E-state index < -0.39 is 0 Å². The number of hydrogen-bond acceptors (Lipinski definition) is 2. The molecule has 0 bridgehead atoms. The highest BCUT2D eigenvalue weighted by molar-refractivity contribution is 7.80. The van der Waals surface area contributed by atoms with Gasteiger partial charge < -0.3 is 5.11 Å². The molecule has 1 rings (SSSR count). The van der Waals surface area contributed by atoms with Crippen LogP contribution in [0, 0.1) is 0 Å². The van der Waals surface area contributed by atoms with Crippen molar-refractivity contribution in [3.63, 3.8) is 0 Å². The minimum Gasteiger partial charge on any atom is -0.392 e. The molecule has 60 valence electrons. The summed E-state index contributed by atoms with van der Waals surface area (Å²) in [5.74, 6) is 0.523. The van der Waals surface area contributed by atoms with E-state index in [1.165, 1.54) is 0 Å². The predicted octanol–water partition coefficient (Wildman–Crippen LogP) is 1.52. The Hall–Kier alpha value is -0.470. The lowest BCUT2D eigenvalue weighted by molar-refractivity contribution is 0.200. The van der Waals surface area contributed by atoms with Crippen LogP contribution in [0.2, 0.25) is 0 Å². The van der Waals surface area contributed by atoms with E-state index in [0.717, 1.165) is 5.56 Å². The van der Waals surface area contributed by atoms with Gasteiger partial charge in [-0.05, 0) is 12.0 Å². The van der Waals surface area contributed by atoms with Crippen LogP contribution >= 0.6 is 12.6 Å². The summed E-state index contributed by atoms with van der Waals surface area (Å²) < 4.78 is 0. The fraction of sp³-hybridized carbons (Fsp3) is 0.333. The van der Waals surface area contributed by atoms with Crippen molar-refractivity contribution in [1.29, 1.82) is 0 Å². The highest BCUT2D eigenvalue weighted by Gasteiger charge is 2.00. The maximum Gasteiger partial charge on any atom is 0.0668 e. The molecule has 0 aliphatic heterocycles. The van der Waals surface area contributed by atoms with Crippen molar-refractivity contribution in [3.8, 4) is 0 Å². The summed E-state index contributed by atoms with van der Waals surface area (Å²) in [6.45, 7) is 0. The first-order valence-electron chi connectivity index (χ1n) is 3.66. The van der Waals surface area contributed by atoms with E-state index in [-0.39, 0.29) is 6.10 Å². The number of aliphatic hydroxyl groups is 1. The molecule has 0 fully saturated rings. The third-order valence-electron chi connectivity index (χ3n) is 1.52. The van der Waals surface area contributed by atoms with Gasteiger partial charge >= 0.3 is 0 Å². The quantitative estimate of drug-likeness (QED) is 0.656. The van der Waals surface area contributed by atoms with Crippen LogP contribution in [0.4, 0.5) is 0 Å². The Morgan fingerprint density at radius 1 is 1.27 bits per heavy atom. The van der Waals surface area contributed by atoms with Gasteiger partial charge in [-0.25, -0.2) is 0 Å². The molecule has 1 atom stereocenters. The van der Waals surface area contributed by atoms with E-state index in [4.69, 9.17) is 0 Å². The van der Waals surface area contributed by atoms with Crippen molar-refractivity contribution in [2.75, 3.05) is 5.75 Å². The lowest BCUT2D eigenvalue weighted by Gasteiger charge is -2.05. The molecular weight excluding hydrogens is 156 g/mol. The molecule has 0 aromatic heterocycles. The van der Waals surface area contributed by atoms with Crippen molar-refractivity contribution in [2.45, 2.75) is 12.5 Å². The molecule has 0 spiro atoms. The molecule has 11 heavy (non-hydrogen) atoms. The molecule has 0 saturated heterocycles. The third kappa shape index (κ3) is 2.95. The van der Waals surface area contributed by atoms with Crippen molar-refractivity contribution < 1.29 is 5.11 Å². The molecule has 0 aliphatic rings. The zero-order chi connectivity index (χ0) is 8.10. The maximum absolute atomic E-state index is 9.23. The molecule has 0 heterocycles. The van der Waals surface area contributed by atoms with Gasteiger partial charge in [-0.1, -0.05) is 30.3 Å². The molecule has 0 radical (unpaired) electrons. The Balaban J connectivity index is 2.51. The first-order valence-corrected chi connectivity index (χ1v) is 4.29. The largest absolute Gasteiger partial charge is 0.392 e. The molecule has 0 saturated carbocycles. The van der Waals surface area contributed by atoms with Gasteiger partial charge in [0.1, 0.15) is 0 Å². The normalized spacial score (nSPS) is 12.9. The van der Waals surface area contributed by atoms with E-state index in [9.17, 15) is 5.11 Å². The Kier molecular flexibility index (Phi) is 3.46. The first kappa shape index (κ1) is 8.62. The van der Waals surface area contributed by atoms with Crippen LogP contribution in [0.3, 0.4) is 0 Å². The van der Waals surface area contributed by atoms with E-state index in [1.807, 2.05) is 30.3 Å². The fourth-order valence-electron chi connectivity index (χ4n) is 0.951. The van der Waals surface area contributed by atoms with Crippen LogP contribution in [0.5, 0.6) is 0 Å². The molecule has 2 heteroatoms. The zero-order valence-corrected chi connectivity index (χ0v) is 7.17. The van der Waals surface area contributed by atoms with Crippen LogP contribution in [0.1, 0.15) is 5.56 Å². The number of hydrogen-bond donors (Lipinski definition) is 2. The minimum atomic E-state index is -0.319. The van der Waals surface area contributed by atoms with Crippen LogP contribution in [-0.4, -0.2) is 17.0 Å². The Morgan fingerprint density at radius 3 is 2.45 bits per heavy atom. The van der Waals surface area contributed by atoms with Gasteiger partial charge in [-0.15, -0.1) is 0 Å². The smallest absolute Gasteiger partial charge is 0.0668 e. The van der Waals surface area contributed by atoms with Gasteiger partial charge in [0.25, 0.3) is 0 Å². The van der Waals surface area contributed by atoms with E-state index >= 15 is 0 Å². The average molecular weight is 168 g/mol. The second-order valence-corrected chi connectivity index (χ2v) is 2.89. The predicted molar refractivity (Wildman–Crippen MR) is 50.0 cm³/mol. The Labute approximate surface area is 72.5 Å². The highest BCUT2D eigenvalue weighted by Crippen LogP contribution is 2.03. The van der Waals surface area contributed by atoms with Crippen LogP contribution in [0.25, 0.3) is 0 Å². The highest BCUT2D eigenvalue weighted by atomic mass is 32.1. The Morgan fingerprint density at radius 2 is 1.91 bits per heavy atom. The summed E-state index contributed by atoms with van der Waals surface area (Å²) >= 11 is 4.00. The second kappa shape index (κ2) is 4.42. The van der Waals surface area contributed by atoms with E-state index in [1.54, 1.807) is 0 Å². The molecule has 1 N–H and O–H groups in total. The second-order valence-electron chi connectivity index (χ2n) is 2.53. The zero-order valence-electron chi connectivity index (χ0n) is 6.27. The average Bonchev–Trinajstić information content (AvgIpc) is 2.06. The van der Waals surface area contributed by atoms with E-state index in [0.29, 0.717) is 12.2 Å². The minimum absolute atomic E-state index is 0.319. The van der Waals surface area contributed by atoms with Crippen molar-refractivity contribution in [3.05, 3.63) is 35.9 Å². The monoisotopic (exact) mass is 168 g/mol. The Bertz CT molecular complexity index is 198. The topological polar surface area (TPSA) is 20.2 Å². The van der Waals surface area contributed by atoms with Crippen molar-refractivity contribution in [2.24, 2.45) is 0 Å².